The number of ether oxygens (including phenoxy) is 1. The van der Waals surface area contributed by atoms with Crippen molar-refractivity contribution in [1.29, 1.82) is 0 Å². The molecule has 17 heteroatoms. The van der Waals surface area contributed by atoms with Gasteiger partial charge in [0.1, 0.15) is 6.61 Å². The first-order valence-electron chi connectivity index (χ1n) is 6.60. The number of halogens is 15. The van der Waals surface area contributed by atoms with Crippen LogP contribution in [0.25, 0.3) is 0 Å². The number of carbonyl (C=O) groups excluding carboxylic acids is 1. The van der Waals surface area contributed by atoms with Gasteiger partial charge in [-0.25, -0.2) is 4.79 Å². The van der Waals surface area contributed by atoms with Gasteiger partial charge in [0.25, 0.3) is 0 Å². The summed E-state index contributed by atoms with van der Waals surface area (Å²) in [5, 5.41) is 0. The molecule has 0 aromatic carbocycles. The van der Waals surface area contributed by atoms with Crippen LogP contribution < -0.4 is 0 Å². The van der Waals surface area contributed by atoms with Crippen LogP contribution in [-0.4, -0.2) is 54.3 Å². The smallest absolute Gasteiger partial charge is 0.457 e. The highest BCUT2D eigenvalue weighted by atomic mass is 19.4. The van der Waals surface area contributed by atoms with Crippen molar-refractivity contribution >= 4 is 5.97 Å². The van der Waals surface area contributed by atoms with Crippen LogP contribution in [0.4, 0.5) is 65.9 Å². The zero-order chi connectivity index (χ0) is 23.9. The third-order valence-electron chi connectivity index (χ3n) is 3.13. The van der Waals surface area contributed by atoms with Gasteiger partial charge in [0.2, 0.25) is 0 Å². The monoisotopic (exact) mass is 468 g/mol. The molecule has 0 bridgehead atoms. The molecular formula is C12H7F15O2. The summed E-state index contributed by atoms with van der Waals surface area (Å²) in [5.74, 6) is -51.8. The molecule has 0 aromatic heterocycles. The summed E-state index contributed by atoms with van der Waals surface area (Å²) in [4.78, 5) is 10.8. The number of allylic oxidation sites excluding steroid dienone is 1. The van der Waals surface area contributed by atoms with Gasteiger partial charge in [-0.2, -0.15) is 65.9 Å². The molecule has 0 N–H and O–H groups in total. The highest BCUT2D eigenvalue weighted by Crippen LogP contribution is 2.62. The van der Waals surface area contributed by atoms with E-state index >= 15 is 0 Å². The molecule has 0 rings (SSSR count). The number of alkyl halides is 15. The molecule has 0 fully saturated rings. The SMILES string of the molecule is CC=CCOC(=O)C(F)(F)C(F)(F)C(F)(F)C(F)(F)C(F)(F)C(F)(F)C(F)(F)F. The Morgan fingerprint density at radius 2 is 1.00 bits per heavy atom. The lowest BCUT2D eigenvalue weighted by atomic mass is 9.91. The van der Waals surface area contributed by atoms with E-state index in [0.29, 0.717) is 6.08 Å². The maximum atomic E-state index is 13.3. The molecule has 0 spiro atoms. The molecule has 0 atom stereocenters. The molecule has 0 aliphatic heterocycles. The van der Waals surface area contributed by atoms with Crippen LogP contribution in [0, 0.1) is 0 Å². The minimum atomic E-state index is -8.43. The number of hydrogen-bond donors (Lipinski definition) is 0. The molecule has 0 amide bonds. The van der Waals surface area contributed by atoms with Gasteiger partial charge < -0.3 is 4.74 Å². The molecule has 0 aromatic rings. The quantitative estimate of drug-likeness (QED) is 0.268. The van der Waals surface area contributed by atoms with Crippen molar-refractivity contribution < 1.29 is 75.4 Å². The van der Waals surface area contributed by atoms with Gasteiger partial charge in [-0.1, -0.05) is 12.2 Å². The number of hydrogen-bond acceptors (Lipinski definition) is 2. The number of rotatable bonds is 8. The lowest BCUT2D eigenvalue weighted by molar-refractivity contribution is -0.450. The Morgan fingerprint density at radius 1 is 0.655 bits per heavy atom. The molecule has 0 saturated carbocycles. The Morgan fingerprint density at radius 3 is 1.34 bits per heavy atom. The van der Waals surface area contributed by atoms with Crippen molar-refractivity contribution in [3.05, 3.63) is 12.2 Å². The number of carbonyl (C=O) groups is 1. The minimum absolute atomic E-state index is 0.622. The Labute approximate surface area is 150 Å². The first-order valence-corrected chi connectivity index (χ1v) is 6.60. The summed E-state index contributed by atoms with van der Waals surface area (Å²) in [6.07, 6.45) is -6.14. The van der Waals surface area contributed by atoms with Crippen molar-refractivity contribution in [1.82, 2.24) is 0 Å². The normalized spacial score (nSPS) is 15.7. The van der Waals surface area contributed by atoms with E-state index in [0.717, 1.165) is 13.0 Å². The van der Waals surface area contributed by atoms with E-state index in [1.165, 1.54) is 0 Å². The fraction of sp³-hybridized carbons (Fsp3) is 0.750. The van der Waals surface area contributed by atoms with Crippen molar-refractivity contribution in [3.63, 3.8) is 0 Å². The summed E-state index contributed by atoms with van der Waals surface area (Å²) in [7, 11) is 0. The topological polar surface area (TPSA) is 26.3 Å². The zero-order valence-electron chi connectivity index (χ0n) is 13.3. The van der Waals surface area contributed by atoms with Crippen LogP contribution in [0.2, 0.25) is 0 Å². The van der Waals surface area contributed by atoms with Gasteiger partial charge in [-0.05, 0) is 6.92 Å². The van der Waals surface area contributed by atoms with Gasteiger partial charge in [-0.3, -0.25) is 0 Å². The molecule has 0 aliphatic rings. The van der Waals surface area contributed by atoms with Gasteiger partial charge in [0, 0.05) is 0 Å². The average Bonchev–Trinajstić information content (AvgIpc) is 2.52. The van der Waals surface area contributed by atoms with Crippen molar-refractivity contribution in [2.45, 2.75) is 48.6 Å². The molecule has 0 radical (unpaired) electrons. The van der Waals surface area contributed by atoms with E-state index in [1.807, 2.05) is 0 Å². The Hall–Kier alpha value is -1.84. The number of esters is 1. The molecule has 0 saturated heterocycles. The average molecular weight is 468 g/mol. The lowest BCUT2D eigenvalue weighted by Crippen LogP contribution is -2.73. The molecule has 0 heterocycles. The summed E-state index contributed by atoms with van der Waals surface area (Å²) in [6.45, 7) is -0.191. The van der Waals surface area contributed by atoms with E-state index in [4.69, 9.17) is 0 Å². The predicted octanol–water partition coefficient (Wildman–Crippen LogP) is 5.48. The summed E-state index contributed by atoms with van der Waals surface area (Å²) >= 11 is 0. The molecular weight excluding hydrogens is 461 g/mol. The van der Waals surface area contributed by atoms with E-state index < -0.39 is 54.3 Å². The molecule has 0 aliphatic carbocycles. The van der Waals surface area contributed by atoms with Gasteiger partial charge in [-0.15, -0.1) is 0 Å². The second-order valence-corrected chi connectivity index (χ2v) is 5.11. The summed E-state index contributed by atoms with van der Waals surface area (Å²) in [6, 6.07) is 0. The van der Waals surface area contributed by atoms with Crippen molar-refractivity contribution in [2.24, 2.45) is 0 Å². The first kappa shape index (κ1) is 27.2. The van der Waals surface area contributed by atoms with Gasteiger partial charge in [0.15, 0.2) is 0 Å². The van der Waals surface area contributed by atoms with Crippen molar-refractivity contribution in [2.75, 3.05) is 6.61 Å². The zero-order valence-corrected chi connectivity index (χ0v) is 13.3. The first-order chi connectivity index (χ1) is 12.5. The van der Waals surface area contributed by atoms with E-state index in [-0.39, 0.29) is 0 Å². The van der Waals surface area contributed by atoms with Crippen LogP contribution in [0.5, 0.6) is 0 Å². The summed E-state index contributed by atoms with van der Waals surface area (Å²) < 4.78 is 196. The molecule has 0 unspecified atom stereocenters. The van der Waals surface area contributed by atoms with Crippen LogP contribution in [0.3, 0.4) is 0 Å². The van der Waals surface area contributed by atoms with Crippen LogP contribution in [0.15, 0.2) is 12.2 Å². The standard InChI is InChI=1S/C12H7F15O2/c1-2-3-4-29-5(28)6(13,14)7(15,16)8(17,18)9(19,20)10(21,22)11(23,24)12(25,26)27/h2-3H,4H2,1H3. The minimum Gasteiger partial charge on any atom is -0.457 e. The summed E-state index contributed by atoms with van der Waals surface area (Å²) in [5.41, 5.74) is 0. The maximum absolute atomic E-state index is 13.3. The predicted molar refractivity (Wildman–Crippen MR) is 61.5 cm³/mol. The Kier molecular flexibility index (Phi) is 6.97. The Bertz CT molecular complexity index is 632. The largest absolute Gasteiger partial charge is 0.460 e. The Balaban J connectivity index is 6.39. The second-order valence-electron chi connectivity index (χ2n) is 5.11. The highest BCUT2D eigenvalue weighted by molar-refractivity contribution is 5.79. The molecule has 29 heavy (non-hydrogen) atoms. The van der Waals surface area contributed by atoms with E-state index in [9.17, 15) is 70.7 Å². The lowest BCUT2D eigenvalue weighted by Gasteiger charge is -2.40. The third kappa shape index (κ3) is 3.83. The van der Waals surface area contributed by atoms with Gasteiger partial charge in [0.05, 0.1) is 0 Å². The fourth-order valence-corrected chi connectivity index (χ4v) is 1.41. The molecule has 172 valence electrons. The van der Waals surface area contributed by atoms with Crippen LogP contribution in [0.1, 0.15) is 6.92 Å². The fourth-order valence-electron chi connectivity index (χ4n) is 1.41. The van der Waals surface area contributed by atoms with E-state index in [1.54, 1.807) is 0 Å². The van der Waals surface area contributed by atoms with Crippen molar-refractivity contribution in [3.8, 4) is 0 Å². The van der Waals surface area contributed by atoms with E-state index in [2.05, 4.69) is 4.74 Å². The van der Waals surface area contributed by atoms with Gasteiger partial charge >= 0.3 is 47.7 Å². The maximum Gasteiger partial charge on any atom is 0.460 e. The van der Waals surface area contributed by atoms with Crippen LogP contribution >= 0.6 is 0 Å². The third-order valence-corrected chi connectivity index (χ3v) is 3.13. The van der Waals surface area contributed by atoms with Crippen LogP contribution in [-0.2, 0) is 9.53 Å². The molecule has 2 nitrogen and oxygen atoms in total. The highest BCUT2D eigenvalue weighted by Gasteiger charge is 2.94. The second kappa shape index (κ2) is 7.45.